The van der Waals surface area contributed by atoms with E-state index in [2.05, 4.69) is 11.8 Å². The van der Waals surface area contributed by atoms with Crippen LogP contribution in [0.3, 0.4) is 0 Å². The normalized spacial score (nSPS) is 15.2. The van der Waals surface area contributed by atoms with Crippen molar-refractivity contribution in [2.75, 3.05) is 13.1 Å². The maximum atomic E-state index is 12.2. The molecule has 0 unspecified atom stereocenters. The lowest BCUT2D eigenvalue weighted by molar-refractivity contribution is 0.101. The van der Waals surface area contributed by atoms with Crippen molar-refractivity contribution in [1.82, 2.24) is 9.88 Å². The van der Waals surface area contributed by atoms with Crippen LogP contribution in [0, 0.1) is 6.92 Å². The summed E-state index contributed by atoms with van der Waals surface area (Å²) < 4.78 is 0. The van der Waals surface area contributed by atoms with Crippen molar-refractivity contribution in [2.24, 2.45) is 0 Å². The van der Waals surface area contributed by atoms with E-state index in [0.29, 0.717) is 5.02 Å². The molecule has 0 N–H and O–H groups in total. The number of carbonyl (C=O) groups is 1. The maximum absolute atomic E-state index is 12.2. The Hall–Kier alpha value is -1.45. The largest absolute Gasteiger partial charge is 0.299 e. The number of benzene rings is 1. The molecular weight excluding hydrogens is 284 g/mol. The van der Waals surface area contributed by atoms with E-state index in [-0.39, 0.29) is 5.78 Å². The van der Waals surface area contributed by atoms with Crippen molar-refractivity contribution in [3.63, 3.8) is 0 Å². The van der Waals surface area contributed by atoms with Crippen LogP contribution in [0.5, 0.6) is 0 Å². The van der Waals surface area contributed by atoms with E-state index >= 15 is 0 Å². The number of nitrogens with zero attached hydrogens (tertiary/aromatic N) is 2. The van der Waals surface area contributed by atoms with Crippen LogP contribution in [0.25, 0.3) is 10.9 Å². The summed E-state index contributed by atoms with van der Waals surface area (Å²) in [6.45, 7) is 8.56. The fourth-order valence-corrected chi connectivity index (χ4v) is 3.30. The molecule has 0 bridgehead atoms. The van der Waals surface area contributed by atoms with Crippen LogP contribution in [0.4, 0.5) is 0 Å². The zero-order chi connectivity index (χ0) is 15.1. The minimum Gasteiger partial charge on any atom is -0.299 e. The number of aryl methyl sites for hydroxylation is 1. The summed E-state index contributed by atoms with van der Waals surface area (Å²) >= 11 is 6.22. The second-order valence-electron chi connectivity index (χ2n) is 5.66. The zero-order valence-corrected chi connectivity index (χ0v) is 13.4. The lowest BCUT2D eigenvalue weighted by atomic mass is 9.92. The highest BCUT2D eigenvalue weighted by atomic mass is 35.5. The first kappa shape index (κ1) is 14.5. The monoisotopic (exact) mass is 302 g/mol. The third-order valence-corrected chi connectivity index (χ3v) is 4.79. The summed E-state index contributed by atoms with van der Waals surface area (Å²) in [4.78, 5) is 19.4. The van der Waals surface area contributed by atoms with Gasteiger partial charge in [0.1, 0.15) is 0 Å². The van der Waals surface area contributed by atoms with Gasteiger partial charge < -0.3 is 0 Å². The summed E-state index contributed by atoms with van der Waals surface area (Å²) in [7, 11) is 0. The summed E-state index contributed by atoms with van der Waals surface area (Å²) in [5.41, 5.74) is 4.81. The molecule has 1 aromatic heterocycles. The Bertz CT molecular complexity index is 739. The number of hydrogen-bond acceptors (Lipinski definition) is 3. The number of rotatable bonds is 2. The molecule has 0 atom stereocenters. The molecule has 0 amide bonds. The number of fused-ring (bicyclic) bond motifs is 2. The van der Waals surface area contributed by atoms with Gasteiger partial charge in [-0.2, -0.15) is 0 Å². The van der Waals surface area contributed by atoms with Gasteiger partial charge in [-0.15, -0.1) is 0 Å². The van der Waals surface area contributed by atoms with E-state index < -0.39 is 0 Å². The molecule has 1 aromatic carbocycles. The first-order valence-electron chi connectivity index (χ1n) is 7.36. The second-order valence-corrected chi connectivity index (χ2v) is 6.06. The van der Waals surface area contributed by atoms with E-state index in [1.165, 1.54) is 0 Å². The second kappa shape index (κ2) is 5.39. The molecular formula is C17H19ClN2O. The number of halogens is 1. The Kier molecular flexibility index (Phi) is 3.72. The number of carbonyl (C=O) groups excluding carboxylic acids is 1. The molecule has 2 heterocycles. The van der Waals surface area contributed by atoms with Gasteiger partial charge in [0.25, 0.3) is 0 Å². The average molecular weight is 303 g/mol. The molecule has 21 heavy (non-hydrogen) atoms. The summed E-state index contributed by atoms with van der Waals surface area (Å²) in [5.74, 6) is 0.110. The summed E-state index contributed by atoms with van der Waals surface area (Å²) in [5, 5.41) is 1.64. The number of aromatic nitrogens is 1. The molecule has 1 aliphatic heterocycles. The van der Waals surface area contributed by atoms with Crippen molar-refractivity contribution < 1.29 is 4.79 Å². The molecule has 2 aromatic rings. The van der Waals surface area contributed by atoms with Crippen molar-refractivity contribution >= 4 is 28.3 Å². The maximum Gasteiger partial charge on any atom is 0.160 e. The molecule has 0 spiro atoms. The number of likely N-dealkylation sites (N-methyl/N-ethyl adjacent to an activating group) is 1. The molecule has 110 valence electrons. The van der Waals surface area contributed by atoms with E-state index in [1.54, 1.807) is 6.92 Å². The van der Waals surface area contributed by atoms with E-state index in [0.717, 1.165) is 59.3 Å². The first-order valence-corrected chi connectivity index (χ1v) is 7.74. The van der Waals surface area contributed by atoms with Crippen molar-refractivity contribution in [3.05, 3.63) is 39.5 Å². The Morgan fingerprint density at radius 3 is 2.86 bits per heavy atom. The fourth-order valence-electron chi connectivity index (χ4n) is 3.15. The summed E-state index contributed by atoms with van der Waals surface area (Å²) in [6.07, 6.45) is 0.894. The van der Waals surface area contributed by atoms with Gasteiger partial charge in [0.05, 0.1) is 5.52 Å². The number of hydrogen-bond donors (Lipinski definition) is 0. The average Bonchev–Trinajstić information content (AvgIpc) is 2.48. The SMILES string of the molecule is CCN1CCc2nc3c(C)c(Cl)ccc3c(C(C)=O)c2C1. The number of ketones is 1. The highest BCUT2D eigenvalue weighted by Gasteiger charge is 2.24. The van der Waals surface area contributed by atoms with E-state index in [9.17, 15) is 4.79 Å². The Balaban J connectivity index is 2.34. The van der Waals surface area contributed by atoms with Crippen LogP contribution in [0.1, 0.15) is 41.0 Å². The Morgan fingerprint density at radius 2 is 2.19 bits per heavy atom. The van der Waals surface area contributed by atoms with Gasteiger partial charge >= 0.3 is 0 Å². The Morgan fingerprint density at radius 1 is 1.43 bits per heavy atom. The van der Waals surface area contributed by atoms with Gasteiger partial charge in [-0.05, 0) is 37.6 Å². The van der Waals surface area contributed by atoms with Crippen LogP contribution in [0.2, 0.25) is 5.02 Å². The quantitative estimate of drug-likeness (QED) is 0.792. The molecule has 0 radical (unpaired) electrons. The van der Waals surface area contributed by atoms with Crippen LogP contribution < -0.4 is 0 Å². The van der Waals surface area contributed by atoms with Crippen molar-refractivity contribution in [2.45, 2.75) is 33.7 Å². The number of pyridine rings is 1. The van der Waals surface area contributed by atoms with Crippen molar-refractivity contribution in [3.8, 4) is 0 Å². The Labute approximate surface area is 129 Å². The van der Waals surface area contributed by atoms with Crippen LogP contribution in [-0.2, 0) is 13.0 Å². The van der Waals surface area contributed by atoms with Gasteiger partial charge in [-0.25, -0.2) is 0 Å². The number of Topliss-reactive ketones (excluding diaryl/α,β-unsaturated/α-hetero) is 1. The molecule has 4 heteroatoms. The molecule has 0 fully saturated rings. The molecule has 3 rings (SSSR count). The van der Waals surface area contributed by atoms with E-state index in [1.807, 2.05) is 19.1 Å². The van der Waals surface area contributed by atoms with Crippen LogP contribution in [0.15, 0.2) is 12.1 Å². The first-order chi connectivity index (χ1) is 10.0. The molecule has 0 saturated carbocycles. The van der Waals surface area contributed by atoms with Gasteiger partial charge in [0.2, 0.25) is 0 Å². The van der Waals surface area contributed by atoms with Crippen LogP contribution in [-0.4, -0.2) is 28.8 Å². The predicted molar refractivity (Wildman–Crippen MR) is 86.1 cm³/mol. The lowest BCUT2D eigenvalue weighted by Crippen LogP contribution is -2.32. The van der Waals surface area contributed by atoms with Gasteiger partial charge in [-0.1, -0.05) is 24.6 Å². The minimum atomic E-state index is 0.110. The molecule has 3 nitrogen and oxygen atoms in total. The van der Waals surface area contributed by atoms with Crippen molar-refractivity contribution in [1.29, 1.82) is 0 Å². The highest BCUT2D eigenvalue weighted by Crippen LogP contribution is 2.32. The zero-order valence-electron chi connectivity index (χ0n) is 12.7. The third kappa shape index (κ3) is 2.34. The lowest BCUT2D eigenvalue weighted by Gasteiger charge is -2.29. The third-order valence-electron chi connectivity index (χ3n) is 4.38. The standard InChI is InChI=1S/C17H19ClN2O/c1-4-20-8-7-15-13(9-20)16(11(3)21)12-5-6-14(18)10(2)17(12)19-15/h5-6H,4,7-9H2,1-3H3. The van der Waals surface area contributed by atoms with Crippen LogP contribution >= 0.6 is 11.6 Å². The smallest absolute Gasteiger partial charge is 0.160 e. The molecule has 0 saturated heterocycles. The van der Waals surface area contributed by atoms with Gasteiger partial charge in [0.15, 0.2) is 5.78 Å². The highest BCUT2D eigenvalue weighted by molar-refractivity contribution is 6.32. The minimum absolute atomic E-state index is 0.110. The van der Waals surface area contributed by atoms with Gasteiger partial charge in [-0.3, -0.25) is 14.7 Å². The molecule has 0 aliphatic carbocycles. The summed E-state index contributed by atoms with van der Waals surface area (Å²) in [6, 6.07) is 3.79. The topological polar surface area (TPSA) is 33.2 Å². The van der Waals surface area contributed by atoms with Gasteiger partial charge in [0, 0.05) is 41.2 Å². The predicted octanol–water partition coefficient (Wildman–Crippen LogP) is 3.78. The van der Waals surface area contributed by atoms with E-state index in [4.69, 9.17) is 16.6 Å². The fraction of sp³-hybridized carbons (Fsp3) is 0.412. The molecule has 1 aliphatic rings.